The number of nitrogens with zero attached hydrogens (tertiary/aromatic N) is 3. The molecule has 1 saturated carbocycles. The van der Waals surface area contributed by atoms with Crippen LogP contribution in [0.3, 0.4) is 0 Å². The first-order valence-corrected chi connectivity index (χ1v) is 10.5. The molecule has 4 rings (SSSR count). The van der Waals surface area contributed by atoms with Crippen molar-refractivity contribution in [2.75, 3.05) is 40.0 Å². The van der Waals surface area contributed by atoms with E-state index in [2.05, 4.69) is 18.7 Å². The highest BCUT2D eigenvalue weighted by molar-refractivity contribution is 5.82. The largest absolute Gasteiger partial charge is 0.450 e. The first-order chi connectivity index (χ1) is 12.9. The Labute approximate surface area is 161 Å². The van der Waals surface area contributed by atoms with Crippen molar-refractivity contribution in [1.29, 1.82) is 0 Å². The maximum absolute atomic E-state index is 12.6. The van der Waals surface area contributed by atoms with Crippen molar-refractivity contribution in [2.45, 2.75) is 57.8 Å². The number of morpholine rings is 1. The van der Waals surface area contributed by atoms with Crippen molar-refractivity contribution in [2.24, 2.45) is 17.8 Å². The Morgan fingerprint density at radius 3 is 2.22 bits per heavy atom. The number of likely N-dealkylation sites (tertiary alicyclic amines) is 1. The standard InChI is InChI=1S/C20H33N3O4/c1-5-27-20(25)23-14-6-13(7-15(23)11-26-10-14)22-8-16-17(9-22)18(16)19(24)21(4)12(2)3/h12-18H,5-11H2,1-4H3/t13?,14?,15?,16-,17+,18-. The molecule has 7 nitrogen and oxygen atoms in total. The normalized spacial score (nSPS) is 37.9. The summed E-state index contributed by atoms with van der Waals surface area (Å²) >= 11 is 0. The van der Waals surface area contributed by atoms with E-state index in [1.54, 1.807) is 0 Å². The summed E-state index contributed by atoms with van der Waals surface area (Å²) in [6.45, 7) is 9.66. The smallest absolute Gasteiger partial charge is 0.410 e. The first kappa shape index (κ1) is 19.0. The molecule has 4 aliphatic rings. The van der Waals surface area contributed by atoms with E-state index in [4.69, 9.17) is 9.47 Å². The van der Waals surface area contributed by atoms with Gasteiger partial charge < -0.3 is 14.4 Å². The molecule has 4 fully saturated rings. The van der Waals surface area contributed by atoms with Crippen molar-refractivity contribution in [3.05, 3.63) is 0 Å². The second-order valence-electron chi connectivity index (χ2n) is 8.93. The minimum atomic E-state index is -0.194. The van der Waals surface area contributed by atoms with Crippen molar-refractivity contribution < 1.29 is 19.1 Å². The second-order valence-corrected chi connectivity index (χ2v) is 8.93. The number of fused-ring (bicyclic) bond motifs is 3. The first-order valence-electron chi connectivity index (χ1n) is 10.5. The minimum Gasteiger partial charge on any atom is -0.450 e. The van der Waals surface area contributed by atoms with Gasteiger partial charge in [-0.1, -0.05) is 0 Å². The van der Waals surface area contributed by atoms with Crippen LogP contribution in [0.25, 0.3) is 0 Å². The van der Waals surface area contributed by atoms with E-state index in [9.17, 15) is 9.59 Å². The summed E-state index contributed by atoms with van der Waals surface area (Å²) in [5.74, 6) is 1.61. The molecule has 0 aromatic rings. The van der Waals surface area contributed by atoms with Gasteiger partial charge in [0.25, 0.3) is 0 Å². The van der Waals surface area contributed by atoms with E-state index < -0.39 is 0 Å². The Hall–Kier alpha value is -1.34. The van der Waals surface area contributed by atoms with Gasteiger partial charge in [-0.3, -0.25) is 14.6 Å². The van der Waals surface area contributed by atoms with Gasteiger partial charge in [-0.15, -0.1) is 0 Å². The Balaban J connectivity index is 1.34. The lowest BCUT2D eigenvalue weighted by molar-refractivity contribution is -0.134. The fourth-order valence-corrected chi connectivity index (χ4v) is 5.39. The lowest BCUT2D eigenvalue weighted by Gasteiger charge is -2.49. The molecule has 0 radical (unpaired) electrons. The number of hydrogen-bond acceptors (Lipinski definition) is 5. The predicted octanol–water partition coefficient (Wildman–Crippen LogP) is 1.42. The minimum absolute atomic E-state index is 0.114. The highest BCUT2D eigenvalue weighted by atomic mass is 16.6. The maximum atomic E-state index is 12.6. The Kier molecular flexibility index (Phi) is 5.10. The third kappa shape index (κ3) is 3.33. The summed E-state index contributed by atoms with van der Waals surface area (Å²) in [6.07, 6.45) is 1.69. The Bertz CT molecular complexity index is 572. The Morgan fingerprint density at radius 2 is 1.70 bits per heavy atom. The van der Waals surface area contributed by atoms with Crippen LogP contribution in [0.15, 0.2) is 0 Å². The van der Waals surface area contributed by atoms with Gasteiger partial charge in [-0.2, -0.15) is 0 Å². The van der Waals surface area contributed by atoms with Crippen molar-refractivity contribution in [3.8, 4) is 0 Å². The number of hydrogen-bond donors (Lipinski definition) is 0. The number of carbonyl (C=O) groups excluding carboxylic acids is 2. The summed E-state index contributed by atoms with van der Waals surface area (Å²) in [5, 5.41) is 0. The molecular formula is C20H33N3O4. The molecule has 3 saturated heterocycles. The molecule has 152 valence electrons. The molecule has 7 heteroatoms. The third-order valence-electron chi connectivity index (χ3n) is 7.12. The molecule has 0 spiro atoms. The highest BCUT2D eigenvalue weighted by Crippen LogP contribution is 2.53. The Morgan fingerprint density at radius 1 is 1.11 bits per heavy atom. The van der Waals surface area contributed by atoms with Crippen LogP contribution in [0, 0.1) is 17.8 Å². The number of amides is 2. The molecule has 27 heavy (non-hydrogen) atoms. The number of rotatable bonds is 4. The SMILES string of the molecule is CCOC(=O)N1C2COCC1CC(N1C[C@@H]3[C@H](C1)[C@@H]3C(=O)N(C)C(C)C)C2. The maximum Gasteiger partial charge on any atom is 0.410 e. The van der Waals surface area contributed by atoms with Crippen molar-refractivity contribution in [1.82, 2.24) is 14.7 Å². The zero-order valence-electron chi connectivity index (χ0n) is 17.0. The van der Waals surface area contributed by atoms with E-state index in [-0.39, 0.29) is 30.1 Å². The molecule has 3 heterocycles. The van der Waals surface area contributed by atoms with Crippen LogP contribution in [0.4, 0.5) is 4.79 Å². The number of carbonyl (C=O) groups is 2. The van der Waals surface area contributed by atoms with Crippen LogP contribution in [0.5, 0.6) is 0 Å². The number of piperidine rings is 2. The van der Waals surface area contributed by atoms with Gasteiger partial charge in [0.1, 0.15) is 0 Å². The summed E-state index contributed by atoms with van der Waals surface area (Å²) in [5.41, 5.74) is 0. The summed E-state index contributed by atoms with van der Waals surface area (Å²) in [6, 6.07) is 0.980. The molecule has 3 aliphatic heterocycles. The van der Waals surface area contributed by atoms with Gasteiger partial charge in [0, 0.05) is 38.1 Å². The van der Waals surface area contributed by atoms with Gasteiger partial charge in [-0.05, 0) is 45.4 Å². The van der Waals surface area contributed by atoms with E-state index in [1.807, 2.05) is 23.8 Å². The highest BCUT2D eigenvalue weighted by Gasteiger charge is 2.61. The third-order valence-corrected chi connectivity index (χ3v) is 7.12. The predicted molar refractivity (Wildman–Crippen MR) is 100 cm³/mol. The van der Waals surface area contributed by atoms with E-state index >= 15 is 0 Å². The zero-order chi connectivity index (χ0) is 19.3. The van der Waals surface area contributed by atoms with Crippen LogP contribution in [0.2, 0.25) is 0 Å². The molecule has 2 bridgehead atoms. The fraction of sp³-hybridized carbons (Fsp3) is 0.900. The van der Waals surface area contributed by atoms with Gasteiger partial charge in [0.05, 0.1) is 31.9 Å². The lowest BCUT2D eigenvalue weighted by atomic mass is 9.89. The molecule has 2 amide bonds. The average Bonchev–Trinajstić information content (AvgIpc) is 3.12. The van der Waals surface area contributed by atoms with Crippen LogP contribution in [-0.4, -0.2) is 90.8 Å². The number of ether oxygens (including phenoxy) is 2. The van der Waals surface area contributed by atoms with E-state index in [0.717, 1.165) is 25.9 Å². The monoisotopic (exact) mass is 379 g/mol. The molecule has 1 aliphatic carbocycles. The van der Waals surface area contributed by atoms with Gasteiger partial charge >= 0.3 is 6.09 Å². The molecule has 0 aromatic carbocycles. The fourth-order valence-electron chi connectivity index (χ4n) is 5.39. The van der Waals surface area contributed by atoms with Gasteiger partial charge in [-0.25, -0.2) is 4.79 Å². The van der Waals surface area contributed by atoms with Gasteiger partial charge in [0.15, 0.2) is 0 Å². The second kappa shape index (κ2) is 7.24. The van der Waals surface area contributed by atoms with Crippen LogP contribution in [0.1, 0.15) is 33.6 Å². The summed E-state index contributed by atoms with van der Waals surface area (Å²) < 4.78 is 11.0. The molecule has 0 N–H and O–H groups in total. The molecule has 2 unspecified atom stereocenters. The van der Waals surface area contributed by atoms with Crippen LogP contribution in [-0.2, 0) is 14.3 Å². The topological polar surface area (TPSA) is 62.3 Å². The summed E-state index contributed by atoms with van der Waals surface area (Å²) in [4.78, 5) is 31.3. The lowest BCUT2D eigenvalue weighted by Crippen LogP contribution is -2.62. The van der Waals surface area contributed by atoms with Crippen molar-refractivity contribution >= 4 is 12.0 Å². The molecule has 5 atom stereocenters. The van der Waals surface area contributed by atoms with E-state index in [1.165, 1.54) is 0 Å². The zero-order valence-corrected chi connectivity index (χ0v) is 17.0. The average molecular weight is 380 g/mol. The van der Waals surface area contributed by atoms with E-state index in [0.29, 0.717) is 43.6 Å². The molecule has 0 aromatic heterocycles. The van der Waals surface area contributed by atoms with Crippen LogP contribution >= 0.6 is 0 Å². The van der Waals surface area contributed by atoms with Crippen LogP contribution < -0.4 is 0 Å². The summed E-state index contributed by atoms with van der Waals surface area (Å²) in [7, 11) is 1.92. The van der Waals surface area contributed by atoms with Crippen molar-refractivity contribution in [3.63, 3.8) is 0 Å². The quantitative estimate of drug-likeness (QED) is 0.739. The molecular weight excluding hydrogens is 346 g/mol. The van der Waals surface area contributed by atoms with Gasteiger partial charge in [0.2, 0.25) is 5.91 Å².